The van der Waals surface area contributed by atoms with Crippen LogP contribution in [0.3, 0.4) is 0 Å². The summed E-state index contributed by atoms with van der Waals surface area (Å²) in [5.74, 6) is 0.691. The number of hydrogen-bond donors (Lipinski definition) is 0. The lowest BCUT2D eigenvalue weighted by Crippen LogP contribution is -2.07. The summed E-state index contributed by atoms with van der Waals surface area (Å²) in [7, 11) is 0. The van der Waals surface area contributed by atoms with E-state index in [9.17, 15) is 0 Å². The second-order valence-corrected chi connectivity index (χ2v) is 5.19. The van der Waals surface area contributed by atoms with Gasteiger partial charge < -0.3 is 9.30 Å². The van der Waals surface area contributed by atoms with Gasteiger partial charge in [-0.05, 0) is 36.6 Å². The first-order valence-corrected chi connectivity index (χ1v) is 6.77. The SMILES string of the molecule is CC(C)CCOCCn1ccc2cc(C#N)ccc21. The van der Waals surface area contributed by atoms with Crippen molar-refractivity contribution in [3.63, 3.8) is 0 Å². The van der Waals surface area contributed by atoms with Crippen LogP contribution in [0.15, 0.2) is 30.5 Å². The molecule has 0 saturated carbocycles. The van der Waals surface area contributed by atoms with Crippen LogP contribution in [0.2, 0.25) is 0 Å². The Kier molecular flexibility index (Phi) is 4.59. The van der Waals surface area contributed by atoms with E-state index >= 15 is 0 Å². The van der Waals surface area contributed by atoms with Gasteiger partial charge in [-0.25, -0.2) is 0 Å². The number of benzene rings is 1. The fraction of sp³-hybridized carbons (Fsp3) is 0.438. The van der Waals surface area contributed by atoms with Gasteiger partial charge >= 0.3 is 0 Å². The Morgan fingerprint density at radius 3 is 2.84 bits per heavy atom. The number of nitrogens with zero attached hydrogens (tertiary/aromatic N) is 2. The molecule has 0 fully saturated rings. The maximum Gasteiger partial charge on any atom is 0.0991 e. The lowest BCUT2D eigenvalue weighted by Gasteiger charge is -2.08. The van der Waals surface area contributed by atoms with E-state index in [4.69, 9.17) is 10.00 Å². The summed E-state index contributed by atoms with van der Waals surface area (Å²) >= 11 is 0. The summed E-state index contributed by atoms with van der Waals surface area (Å²) in [6, 6.07) is 9.99. The van der Waals surface area contributed by atoms with Gasteiger partial charge in [0.05, 0.1) is 18.2 Å². The molecule has 3 heteroatoms. The average Bonchev–Trinajstić information content (AvgIpc) is 2.80. The largest absolute Gasteiger partial charge is 0.380 e. The van der Waals surface area contributed by atoms with Gasteiger partial charge in [-0.3, -0.25) is 0 Å². The van der Waals surface area contributed by atoms with Crippen molar-refractivity contribution >= 4 is 10.9 Å². The van der Waals surface area contributed by atoms with Crippen LogP contribution >= 0.6 is 0 Å². The monoisotopic (exact) mass is 256 g/mol. The summed E-state index contributed by atoms with van der Waals surface area (Å²) in [5, 5.41) is 9.98. The molecule has 1 aromatic carbocycles. The first-order chi connectivity index (χ1) is 9.20. The quantitative estimate of drug-likeness (QED) is 0.741. The highest BCUT2D eigenvalue weighted by Crippen LogP contribution is 2.17. The molecule has 0 N–H and O–H groups in total. The fourth-order valence-corrected chi connectivity index (χ4v) is 2.05. The molecule has 19 heavy (non-hydrogen) atoms. The third-order valence-corrected chi connectivity index (χ3v) is 3.22. The number of ether oxygens (including phenoxy) is 1. The van der Waals surface area contributed by atoms with Gasteiger partial charge in [-0.1, -0.05) is 13.8 Å². The standard InChI is InChI=1S/C16H20N2O/c1-13(2)6-9-19-10-8-18-7-5-15-11-14(12-17)3-4-16(15)18/h3-5,7,11,13H,6,8-10H2,1-2H3. The van der Waals surface area contributed by atoms with Gasteiger partial charge in [0, 0.05) is 30.3 Å². The van der Waals surface area contributed by atoms with E-state index in [1.54, 1.807) is 0 Å². The summed E-state index contributed by atoms with van der Waals surface area (Å²) < 4.78 is 7.81. The third-order valence-electron chi connectivity index (χ3n) is 3.22. The second kappa shape index (κ2) is 6.40. The Morgan fingerprint density at radius 2 is 2.11 bits per heavy atom. The highest BCUT2D eigenvalue weighted by molar-refractivity contribution is 5.81. The molecule has 0 bridgehead atoms. The minimum absolute atomic E-state index is 0.691. The zero-order valence-electron chi connectivity index (χ0n) is 11.6. The van der Waals surface area contributed by atoms with E-state index in [2.05, 4.69) is 30.7 Å². The summed E-state index contributed by atoms with van der Waals surface area (Å²) in [6.45, 7) is 6.82. The Bertz CT molecular complexity index is 578. The van der Waals surface area contributed by atoms with Crippen molar-refractivity contribution in [1.29, 1.82) is 5.26 Å². The van der Waals surface area contributed by atoms with Crippen LogP contribution in [0, 0.1) is 17.2 Å². The number of aromatic nitrogens is 1. The van der Waals surface area contributed by atoms with E-state index in [1.807, 2.05) is 24.3 Å². The topological polar surface area (TPSA) is 38.0 Å². The maximum absolute atomic E-state index is 8.87. The maximum atomic E-state index is 8.87. The van der Waals surface area contributed by atoms with E-state index < -0.39 is 0 Å². The number of nitriles is 1. The molecule has 0 saturated heterocycles. The van der Waals surface area contributed by atoms with Gasteiger partial charge in [0.15, 0.2) is 0 Å². The highest BCUT2D eigenvalue weighted by Gasteiger charge is 2.02. The number of hydrogen-bond acceptors (Lipinski definition) is 2. The van der Waals surface area contributed by atoms with Crippen molar-refractivity contribution in [3.8, 4) is 6.07 Å². The molecule has 2 aromatic rings. The van der Waals surface area contributed by atoms with Crippen LogP contribution in [-0.4, -0.2) is 17.8 Å². The van der Waals surface area contributed by atoms with Gasteiger partial charge in [-0.15, -0.1) is 0 Å². The Hall–Kier alpha value is -1.79. The first kappa shape index (κ1) is 13.6. The molecule has 0 spiro atoms. The van der Waals surface area contributed by atoms with Gasteiger partial charge in [0.1, 0.15) is 0 Å². The molecule has 0 radical (unpaired) electrons. The summed E-state index contributed by atoms with van der Waals surface area (Å²) in [4.78, 5) is 0. The van der Waals surface area contributed by atoms with Crippen LogP contribution in [0.25, 0.3) is 10.9 Å². The molecule has 0 aliphatic rings. The molecule has 0 amide bonds. The molecule has 0 aliphatic heterocycles. The Morgan fingerprint density at radius 1 is 1.26 bits per heavy atom. The number of fused-ring (bicyclic) bond motifs is 1. The lowest BCUT2D eigenvalue weighted by molar-refractivity contribution is 0.117. The van der Waals surface area contributed by atoms with Crippen molar-refractivity contribution in [3.05, 3.63) is 36.0 Å². The van der Waals surface area contributed by atoms with Gasteiger partial charge in [0.25, 0.3) is 0 Å². The summed E-state index contributed by atoms with van der Waals surface area (Å²) in [5.41, 5.74) is 1.87. The Balaban J connectivity index is 1.93. The van der Waals surface area contributed by atoms with Crippen LogP contribution in [0.5, 0.6) is 0 Å². The third kappa shape index (κ3) is 3.59. The van der Waals surface area contributed by atoms with E-state index in [1.165, 1.54) is 0 Å². The molecule has 3 nitrogen and oxygen atoms in total. The molecule has 0 unspecified atom stereocenters. The van der Waals surface area contributed by atoms with Crippen LogP contribution in [0.4, 0.5) is 0 Å². The van der Waals surface area contributed by atoms with Gasteiger partial charge in [-0.2, -0.15) is 5.26 Å². The predicted octanol–water partition coefficient (Wildman–Crippen LogP) is 3.58. The molecular formula is C16H20N2O. The molecule has 2 rings (SSSR count). The first-order valence-electron chi connectivity index (χ1n) is 6.77. The van der Waals surface area contributed by atoms with Crippen LogP contribution in [-0.2, 0) is 11.3 Å². The Labute approximate surface area is 114 Å². The minimum Gasteiger partial charge on any atom is -0.380 e. The molecule has 1 heterocycles. The lowest BCUT2D eigenvalue weighted by atomic mass is 10.1. The predicted molar refractivity (Wildman–Crippen MR) is 76.9 cm³/mol. The van der Waals surface area contributed by atoms with Crippen LogP contribution in [0.1, 0.15) is 25.8 Å². The van der Waals surface area contributed by atoms with E-state index in [-0.39, 0.29) is 0 Å². The highest BCUT2D eigenvalue weighted by atomic mass is 16.5. The van der Waals surface area contributed by atoms with Crippen molar-refractivity contribution in [2.45, 2.75) is 26.8 Å². The number of rotatable bonds is 6. The van der Waals surface area contributed by atoms with Gasteiger partial charge in [0.2, 0.25) is 0 Å². The van der Waals surface area contributed by atoms with Crippen molar-refractivity contribution in [1.82, 2.24) is 4.57 Å². The molecular weight excluding hydrogens is 236 g/mol. The second-order valence-electron chi connectivity index (χ2n) is 5.19. The smallest absolute Gasteiger partial charge is 0.0991 e. The zero-order chi connectivity index (χ0) is 13.7. The van der Waals surface area contributed by atoms with Crippen molar-refractivity contribution < 1.29 is 4.74 Å². The van der Waals surface area contributed by atoms with Crippen LogP contribution < -0.4 is 0 Å². The fourth-order valence-electron chi connectivity index (χ4n) is 2.05. The molecule has 1 aromatic heterocycles. The zero-order valence-corrected chi connectivity index (χ0v) is 11.6. The summed E-state index contributed by atoms with van der Waals surface area (Å²) in [6.07, 6.45) is 3.16. The molecule has 100 valence electrons. The normalized spacial score (nSPS) is 11.1. The average molecular weight is 256 g/mol. The van der Waals surface area contributed by atoms with Crippen molar-refractivity contribution in [2.24, 2.45) is 5.92 Å². The van der Waals surface area contributed by atoms with E-state index in [0.29, 0.717) is 11.5 Å². The molecule has 0 aliphatic carbocycles. The van der Waals surface area contributed by atoms with Crippen molar-refractivity contribution in [2.75, 3.05) is 13.2 Å². The molecule has 0 atom stereocenters. The minimum atomic E-state index is 0.691. The van der Waals surface area contributed by atoms with E-state index in [0.717, 1.165) is 37.1 Å².